The number of ether oxygens (including phenoxy) is 1. The number of nitrogens with zero attached hydrogens (tertiary/aromatic N) is 1. The molecule has 1 heterocycles. The first-order valence-corrected chi connectivity index (χ1v) is 5.18. The Hall–Kier alpha value is -1.71. The van der Waals surface area contributed by atoms with Crippen LogP contribution in [-0.4, -0.2) is 23.8 Å². The number of aryl methyl sites for hydroxylation is 1. The van der Waals surface area contributed by atoms with Gasteiger partial charge in [0.15, 0.2) is 5.78 Å². The van der Waals surface area contributed by atoms with Gasteiger partial charge < -0.3 is 4.74 Å². The van der Waals surface area contributed by atoms with Crippen LogP contribution in [0, 0.1) is 0 Å². The number of rotatable bonds is 4. The second-order valence-electron chi connectivity index (χ2n) is 3.54. The smallest absolute Gasteiger partial charge is 0.356 e. The molecule has 16 heavy (non-hydrogen) atoms. The molecule has 1 aromatic heterocycles. The third kappa shape index (κ3) is 2.89. The first kappa shape index (κ1) is 12.4. The number of hydrogen-bond donors (Lipinski definition) is 0. The zero-order valence-corrected chi connectivity index (χ0v) is 9.74. The van der Waals surface area contributed by atoms with Crippen molar-refractivity contribution >= 4 is 11.8 Å². The summed E-state index contributed by atoms with van der Waals surface area (Å²) in [7, 11) is 1.30. The van der Waals surface area contributed by atoms with Gasteiger partial charge in [-0.1, -0.05) is 13.3 Å². The molecule has 0 bridgehead atoms. The fourth-order valence-electron chi connectivity index (χ4n) is 1.41. The van der Waals surface area contributed by atoms with E-state index in [1.807, 2.05) is 6.92 Å². The van der Waals surface area contributed by atoms with Crippen LogP contribution in [0.15, 0.2) is 12.1 Å². The third-order valence-electron chi connectivity index (χ3n) is 2.18. The minimum Gasteiger partial charge on any atom is -0.464 e. The Kier molecular flexibility index (Phi) is 4.17. The van der Waals surface area contributed by atoms with Gasteiger partial charge in [0.05, 0.1) is 7.11 Å². The molecular weight excluding hydrogens is 206 g/mol. The van der Waals surface area contributed by atoms with E-state index in [0.29, 0.717) is 5.69 Å². The molecule has 0 saturated carbocycles. The predicted molar refractivity (Wildman–Crippen MR) is 59.6 cm³/mol. The Morgan fingerprint density at radius 1 is 1.31 bits per heavy atom. The largest absolute Gasteiger partial charge is 0.464 e. The van der Waals surface area contributed by atoms with Crippen molar-refractivity contribution in [3.05, 3.63) is 29.1 Å². The van der Waals surface area contributed by atoms with Crippen molar-refractivity contribution in [2.24, 2.45) is 0 Å². The van der Waals surface area contributed by atoms with Crippen LogP contribution in [0.2, 0.25) is 0 Å². The molecule has 0 spiro atoms. The van der Waals surface area contributed by atoms with Crippen molar-refractivity contribution in [1.82, 2.24) is 4.98 Å². The van der Waals surface area contributed by atoms with Crippen molar-refractivity contribution < 1.29 is 14.3 Å². The molecule has 4 heteroatoms. The summed E-state index contributed by atoms with van der Waals surface area (Å²) in [5, 5.41) is 0. The number of aromatic nitrogens is 1. The number of hydrogen-bond acceptors (Lipinski definition) is 4. The van der Waals surface area contributed by atoms with Gasteiger partial charge in [-0.25, -0.2) is 9.78 Å². The van der Waals surface area contributed by atoms with E-state index in [2.05, 4.69) is 9.72 Å². The van der Waals surface area contributed by atoms with Gasteiger partial charge >= 0.3 is 5.97 Å². The lowest BCUT2D eigenvalue weighted by atomic mass is 10.1. The number of pyridine rings is 1. The molecule has 86 valence electrons. The standard InChI is InChI=1S/C12H15NO3/c1-4-5-9-6-10(8(2)14)13-11(7-9)12(15)16-3/h6-7H,4-5H2,1-3H3. The van der Waals surface area contributed by atoms with E-state index in [0.717, 1.165) is 18.4 Å². The van der Waals surface area contributed by atoms with E-state index in [9.17, 15) is 9.59 Å². The molecule has 0 aliphatic carbocycles. The number of esters is 1. The van der Waals surface area contributed by atoms with E-state index in [1.54, 1.807) is 12.1 Å². The monoisotopic (exact) mass is 221 g/mol. The summed E-state index contributed by atoms with van der Waals surface area (Å²) in [6.45, 7) is 3.46. The van der Waals surface area contributed by atoms with Crippen molar-refractivity contribution in [3.63, 3.8) is 0 Å². The Balaban J connectivity index is 3.18. The zero-order chi connectivity index (χ0) is 12.1. The Morgan fingerprint density at radius 2 is 1.94 bits per heavy atom. The van der Waals surface area contributed by atoms with Crippen molar-refractivity contribution in [1.29, 1.82) is 0 Å². The van der Waals surface area contributed by atoms with Crippen molar-refractivity contribution in [3.8, 4) is 0 Å². The number of Topliss-reactive ketones (excluding diaryl/α,β-unsaturated/α-hetero) is 1. The first-order chi connectivity index (χ1) is 7.58. The van der Waals surface area contributed by atoms with Crippen molar-refractivity contribution in [2.75, 3.05) is 7.11 Å². The molecule has 0 aliphatic heterocycles. The van der Waals surface area contributed by atoms with Crippen LogP contribution in [0.1, 0.15) is 46.8 Å². The Labute approximate surface area is 94.6 Å². The van der Waals surface area contributed by atoms with Gasteiger partial charge in [0.25, 0.3) is 0 Å². The van der Waals surface area contributed by atoms with Gasteiger partial charge in [-0.05, 0) is 24.1 Å². The van der Waals surface area contributed by atoms with E-state index < -0.39 is 5.97 Å². The van der Waals surface area contributed by atoms with E-state index >= 15 is 0 Å². The lowest BCUT2D eigenvalue weighted by Gasteiger charge is -2.05. The average molecular weight is 221 g/mol. The zero-order valence-electron chi connectivity index (χ0n) is 9.74. The molecule has 4 nitrogen and oxygen atoms in total. The molecular formula is C12H15NO3. The lowest BCUT2D eigenvalue weighted by molar-refractivity contribution is 0.0594. The molecule has 0 saturated heterocycles. The van der Waals surface area contributed by atoms with Gasteiger partial charge in [-0.15, -0.1) is 0 Å². The van der Waals surface area contributed by atoms with Crippen LogP contribution in [0.25, 0.3) is 0 Å². The van der Waals surface area contributed by atoms with Crippen LogP contribution < -0.4 is 0 Å². The van der Waals surface area contributed by atoms with Gasteiger partial charge in [0, 0.05) is 6.92 Å². The topological polar surface area (TPSA) is 56.3 Å². The fraction of sp³-hybridized carbons (Fsp3) is 0.417. The van der Waals surface area contributed by atoms with E-state index in [-0.39, 0.29) is 11.5 Å². The molecule has 1 rings (SSSR count). The highest BCUT2D eigenvalue weighted by atomic mass is 16.5. The Bertz CT molecular complexity index is 413. The minimum atomic E-state index is -0.513. The number of carbonyl (C=O) groups is 2. The molecule has 0 N–H and O–H groups in total. The highest BCUT2D eigenvalue weighted by molar-refractivity contribution is 5.94. The highest BCUT2D eigenvalue weighted by Crippen LogP contribution is 2.10. The second kappa shape index (κ2) is 5.39. The summed E-state index contributed by atoms with van der Waals surface area (Å²) in [6, 6.07) is 3.39. The maximum absolute atomic E-state index is 11.3. The number of ketones is 1. The summed E-state index contributed by atoms with van der Waals surface area (Å²) >= 11 is 0. The number of methoxy groups -OCH3 is 1. The molecule has 0 amide bonds. The molecule has 0 atom stereocenters. The average Bonchev–Trinajstić information content (AvgIpc) is 2.28. The van der Waals surface area contributed by atoms with Gasteiger partial charge in [0.1, 0.15) is 11.4 Å². The lowest BCUT2D eigenvalue weighted by Crippen LogP contribution is -2.09. The van der Waals surface area contributed by atoms with Crippen LogP contribution in [0.4, 0.5) is 0 Å². The molecule has 1 aromatic rings. The first-order valence-electron chi connectivity index (χ1n) is 5.18. The van der Waals surface area contributed by atoms with Crippen LogP contribution in [0.5, 0.6) is 0 Å². The summed E-state index contributed by atoms with van der Waals surface area (Å²) in [6.07, 6.45) is 1.76. The summed E-state index contributed by atoms with van der Waals surface area (Å²) in [5.41, 5.74) is 1.44. The van der Waals surface area contributed by atoms with Crippen LogP contribution >= 0.6 is 0 Å². The summed E-state index contributed by atoms with van der Waals surface area (Å²) < 4.78 is 4.59. The van der Waals surface area contributed by atoms with Gasteiger partial charge in [0.2, 0.25) is 0 Å². The molecule has 0 aliphatic rings. The van der Waals surface area contributed by atoms with Crippen LogP contribution in [-0.2, 0) is 11.2 Å². The Morgan fingerprint density at radius 3 is 2.44 bits per heavy atom. The molecule has 0 unspecified atom stereocenters. The number of carbonyl (C=O) groups excluding carboxylic acids is 2. The van der Waals surface area contributed by atoms with Gasteiger partial charge in [-0.3, -0.25) is 4.79 Å². The maximum Gasteiger partial charge on any atom is 0.356 e. The minimum absolute atomic E-state index is 0.150. The quantitative estimate of drug-likeness (QED) is 0.576. The SMILES string of the molecule is CCCc1cc(C(C)=O)nc(C(=O)OC)c1. The third-order valence-corrected chi connectivity index (χ3v) is 2.18. The summed E-state index contributed by atoms with van der Waals surface area (Å²) in [4.78, 5) is 26.6. The maximum atomic E-state index is 11.3. The van der Waals surface area contributed by atoms with Gasteiger partial charge in [-0.2, -0.15) is 0 Å². The van der Waals surface area contributed by atoms with E-state index in [4.69, 9.17) is 0 Å². The molecule has 0 fully saturated rings. The van der Waals surface area contributed by atoms with Crippen molar-refractivity contribution in [2.45, 2.75) is 26.7 Å². The predicted octanol–water partition coefficient (Wildman–Crippen LogP) is 2.02. The molecule has 0 radical (unpaired) electrons. The van der Waals surface area contributed by atoms with E-state index in [1.165, 1.54) is 14.0 Å². The summed E-state index contributed by atoms with van der Waals surface area (Å²) in [5.74, 6) is -0.663. The second-order valence-corrected chi connectivity index (χ2v) is 3.54. The van der Waals surface area contributed by atoms with Crippen LogP contribution in [0.3, 0.4) is 0 Å². The fourth-order valence-corrected chi connectivity index (χ4v) is 1.41. The normalized spacial score (nSPS) is 9.94. The molecule has 0 aromatic carbocycles. The highest BCUT2D eigenvalue weighted by Gasteiger charge is 2.12.